The standard InChI is InChI=1S/C34H52N2O5/c1-8-34(9-2,26-15-13-25(23(3)20-26)14-18-30(37)33(5,6)7)27-16-17-29(24(4)21-27)41-22-31(38)36-28(32(39)40)12-10-11-19-35/h13,15-17,20-21,28,30,37H,8-12,14,18-19,22,35H2,1-7H3,(H,36,38)(H,39,40)/t28?,30-/m0/s1. The molecule has 0 aromatic heterocycles. The molecule has 2 aromatic carbocycles. The van der Waals surface area contributed by atoms with Crippen LogP contribution in [0, 0.1) is 19.3 Å². The van der Waals surface area contributed by atoms with Crippen molar-refractivity contribution < 1.29 is 24.5 Å². The molecule has 2 aromatic rings. The van der Waals surface area contributed by atoms with Crippen molar-refractivity contribution in [1.82, 2.24) is 5.32 Å². The Labute approximate surface area is 246 Å². The van der Waals surface area contributed by atoms with E-state index in [9.17, 15) is 19.8 Å². The van der Waals surface area contributed by atoms with Crippen LogP contribution in [0.1, 0.15) is 101 Å². The first-order valence-corrected chi connectivity index (χ1v) is 15.0. The molecule has 41 heavy (non-hydrogen) atoms. The maximum Gasteiger partial charge on any atom is 0.326 e. The van der Waals surface area contributed by atoms with Gasteiger partial charge in [-0.1, -0.05) is 65.0 Å². The molecule has 0 aliphatic heterocycles. The molecule has 228 valence electrons. The third-order valence-corrected chi connectivity index (χ3v) is 8.46. The quantitative estimate of drug-likeness (QED) is 0.189. The van der Waals surface area contributed by atoms with Gasteiger partial charge < -0.3 is 26.0 Å². The van der Waals surface area contributed by atoms with Crippen LogP contribution in [0.3, 0.4) is 0 Å². The van der Waals surface area contributed by atoms with E-state index in [0.717, 1.165) is 31.2 Å². The molecule has 0 radical (unpaired) electrons. The van der Waals surface area contributed by atoms with Gasteiger partial charge in [-0.05, 0) is 105 Å². The van der Waals surface area contributed by atoms with Gasteiger partial charge >= 0.3 is 5.97 Å². The number of hydrogen-bond donors (Lipinski definition) is 4. The molecule has 0 fully saturated rings. The average molecular weight is 569 g/mol. The highest BCUT2D eigenvalue weighted by atomic mass is 16.5. The number of amides is 1. The van der Waals surface area contributed by atoms with Gasteiger partial charge in [-0.2, -0.15) is 0 Å². The number of hydrogen-bond acceptors (Lipinski definition) is 5. The molecule has 0 aliphatic rings. The minimum atomic E-state index is -1.06. The largest absolute Gasteiger partial charge is 0.484 e. The van der Waals surface area contributed by atoms with Crippen LogP contribution in [-0.2, 0) is 21.4 Å². The molecular formula is C34H52N2O5. The predicted octanol–water partition coefficient (Wildman–Crippen LogP) is 5.83. The summed E-state index contributed by atoms with van der Waals surface area (Å²) in [6, 6.07) is 11.9. The van der Waals surface area contributed by atoms with E-state index in [1.165, 1.54) is 22.3 Å². The van der Waals surface area contributed by atoms with Gasteiger partial charge in [0.2, 0.25) is 0 Å². The number of ether oxygens (including phenoxy) is 1. The second-order valence-corrected chi connectivity index (χ2v) is 12.4. The van der Waals surface area contributed by atoms with Gasteiger partial charge in [0.1, 0.15) is 11.8 Å². The molecule has 2 atom stereocenters. The highest BCUT2D eigenvalue weighted by Gasteiger charge is 2.32. The highest BCUT2D eigenvalue weighted by molar-refractivity contribution is 5.84. The minimum absolute atomic E-state index is 0.129. The Morgan fingerprint density at radius 3 is 2.07 bits per heavy atom. The van der Waals surface area contributed by atoms with Crippen LogP contribution >= 0.6 is 0 Å². The lowest BCUT2D eigenvalue weighted by Gasteiger charge is -2.34. The summed E-state index contributed by atoms with van der Waals surface area (Å²) in [5, 5.41) is 22.5. The van der Waals surface area contributed by atoms with E-state index in [2.05, 4.69) is 77.2 Å². The van der Waals surface area contributed by atoms with Crippen LogP contribution in [0.2, 0.25) is 0 Å². The van der Waals surface area contributed by atoms with Crippen molar-refractivity contribution in [2.45, 2.75) is 111 Å². The maximum atomic E-state index is 12.4. The van der Waals surface area contributed by atoms with Crippen molar-refractivity contribution in [3.8, 4) is 5.75 Å². The number of nitrogens with one attached hydrogen (secondary N) is 1. The summed E-state index contributed by atoms with van der Waals surface area (Å²) in [6.45, 7) is 15.0. The Kier molecular flexibility index (Phi) is 12.9. The molecule has 0 heterocycles. The molecule has 5 N–H and O–H groups in total. The summed E-state index contributed by atoms with van der Waals surface area (Å²) in [5.74, 6) is -0.920. The van der Waals surface area contributed by atoms with Crippen LogP contribution in [0.15, 0.2) is 36.4 Å². The first-order chi connectivity index (χ1) is 19.3. The number of aryl methyl sites for hydroxylation is 3. The predicted molar refractivity (Wildman–Crippen MR) is 165 cm³/mol. The zero-order valence-corrected chi connectivity index (χ0v) is 26.2. The van der Waals surface area contributed by atoms with Crippen molar-refractivity contribution in [2.24, 2.45) is 11.1 Å². The Bertz CT molecular complexity index is 1150. The van der Waals surface area contributed by atoms with Gasteiger partial charge in [0.15, 0.2) is 6.61 Å². The number of carbonyl (C=O) groups excluding carboxylic acids is 1. The van der Waals surface area contributed by atoms with Crippen LogP contribution < -0.4 is 15.8 Å². The van der Waals surface area contributed by atoms with Gasteiger partial charge in [0, 0.05) is 5.41 Å². The summed E-state index contributed by atoms with van der Waals surface area (Å²) in [6.07, 6.45) is 4.76. The Hall–Kier alpha value is -2.90. The average Bonchev–Trinajstić information content (AvgIpc) is 2.91. The topological polar surface area (TPSA) is 122 Å². The summed E-state index contributed by atoms with van der Waals surface area (Å²) >= 11 is 0. The van der Waals surface area contributed by atoms with E-state index >= 15 is 0 Å². The molecule has 0 saturated carbocycles. The minimum Gasteiger partial charge on any atom is -0.484 e. The number of benzene rings is 2. The summed E-state index contributed by atoms with van der Waals surface area (Å²) in [5.41, 5.74) is 11.1. The third kappa shape index (κ3) is 9.30. The number of carboxylic acid groups (broad SMARTS) is 1. The molecular weight excluding hydrogens is 516 g/mol. The lowest BCUT2D eigenvalue weighted by Crippen LogP contribution is -2.43. The zero-order chi connectivity index (χ0) is 30.8. The molecule has 1 amide bonds. The van der Waals surface area contributed by atoms with Crippen LogP contribution in [0.5, 0.6) is 5.75 Å². The number of carboxylic acids is 1. The van der Waals surface area contributed by atoms with Gasteiger partial charge in [0.05, 0.1) is 6.10 Å². The second-order valence-electron chi connectivity index (χ2n) is 12.4. The maximum absolute atomic E-state index is 12.4. The molecule has 0 bridgehead atoms. The molecule has 7 nitrogen and oxygen atoms in total. The molecule has 0 aliphatic carbocycles. The lowest BCUT2D eigenvalue weighted by atomic mass is 9.69. The van der Waals surface area contributed by atoms with Crippen molar-refractivity contribution in [3.63, 3.8) is 0 Å². The fourth-order valence-corrected chi connectivity index (χ4v) is 5.47. The number of carbonyl (C=O) groups is 2. The van der Waals surface area contributed by atoms with E-state index in [0.29, 0.717) is 31.6 Å². The van der Waals surface area contributed by atoms with Crippen molar-refractivity contribution in [2.75, 3.05) is 13.2 Å². The van der Waals surface area contributed by atoms with Crippen LogP contribution in [-0.4, -0.2) is 47.4 Å². The number of nitrogens with two attached hydrogens (primary N) is 1. The normalized spacial score (nSPS) is 13.5. The number of aliphatic carboxylic acids is 1. The monoisotopic (exact) mass is 568 g/mol. The molecule has 1 unspecified atom stereocenters. The second kappa shape index (κ2) is 15.4. The number of unbranched alkanes of at least 4 members (excludes halogenated alkanes) is 1. The highest BCUT2D eigenvalue weighted by Crippen LogP contribution is 2.41. The van der Waals surface area contributed by atoms with E-state index in [1.807, 2.05) is 13.0 Å². The number of aliphatic hydroxyl groups excluding tert-OH is 1. The number of aliphatic hydroxyl groups is 1. The van der Waals surface area contributed by atoms with Gasteiger partial charge in [-0.15, -0.1) is 0 Å². The molecule has 7 heteroatoms. The Morgan fingerprint density at radius 1 is 0.951 bits per heavy atom. The van der Waals surface area contributed by atoms with Crippen molar-refractivity contribution in [1.29, 1.82) is 0 Å². The van der Waals surface area contributed by atoms with E-state index in [4.69, 9.17) is 10.5 Å². The lowest BCUT2D eigenvalue weighted by molar-refractivity contribution is -0.142. The molecule has 2 rings (SSSR count). The van der Waals surface area contributed by atoms with Crippen LogP contribution in [0.25, 0.3) is 0 Å². The van der Waals surface area contributed by atoms with Gasteiger partial charge in [-0.3, -0.25) is 4.79 Å². The van der Waals surface area contributed by atoms with E-state index in [1.54, 1.807) is 0 Å². The number of rotatable bonds is 16. The smallest absolute Gasteiger partial charge is 0.326 e. The van der Waals surface area contributed by atoms with E-state index < -0.39 is 17.9 Å². The van der Waals surface area contributed by atoms with Gasteiger partial charge in [0.25, 0.3) is 5.91 Å². The Morgan fingerprint density at radius 2 is 1.56 bits per heavy atom. The van der Waals surface area contributed by atoms with Crippen molar-refractivity contribution >= 4 is 11.9 Å². The van der Waals surface area contributed by atoms with E-state index in [-0.39, 0.29) is 23.5 Å². The first-order valence-electron chi connectivity index (χ1n) is 15.0. The summed E-state index contributed by atoms with van der Waals surface area (Å²) in [7, 11) is 0. The fourth-order valence-electron chi connectivity index (χ4n) is 5.47. The molecule has 0 spiro atoms. The fraction of sp³-hybridized carbons (Fsp3) is 0.588. The SMILES string of the molecule is CCC(CC)(c1ccc(CC[C@H](O)C(C)(C)C)c(C)c1)c1ccc(OCC(=O)NC(CCCCN)C(=O)O)c(C)c1. The van der Waals surface area contributed by atoms with Crippen LogP contribution in [0.4, 0.5) is 0 Å². The first kappa shape index (κ1) is 34.3. The zero-order valence-electron chi connectivity index (χ0n) is 26.2. The summed E-state index contributed by atoms with van der Waals surface area (Å²) < 4.78 is 5.80. The third-order valence-electron chi connectivity index (χ3n) is 8.46. The van der Waals surface area contributed by atoms with Gasteiger partial charge in [-0.25, -0.2) is 4.79 Å². The van der Waals surface area contributed by atoms with Crippen molar-refractivity contribution in [3.05, 3.63) is 64.2 Å². The molecule has 0 saturated heterocycles. The summed E-state index contributed by atoms with van der Waals surface area (Å²) in [4.78, 5) is 23.9. The Balaban J connectivity index is 2.18.